The lowest BCUT2D eigenvalue weighted by atomic mass is 10.0. The quantitative estimate of drug-likeness (QED) is 0.853. The van der Waals surface area contributed by atoms with Crippen LogP contribution in [-0.2, 0) is 9.53 Å². The van der Waals surface area contributed by atoms with Gasteiger partial charge in [0, 0.05) is 13.6 Å². The average Bonchev–Trinajstić information content (AvgIpc) is 2.47. The molecule has 1 fully saturated rings. The summed E-state index contributed by atoms with van der Waals surface area (Å²) in [6.07, 6.45) is -4.38. The number of rotatable bonds is 4. The molecule has 0 aromatic heterocycles. The van der Waals surface area contributed by atoms with Crippen LogP contribution in [0.1, 0.15) is 11.6 Å². The number of benzene rings is 1. The average molecular weight is 316 g/mol. The largest absolute Gasteiger partial charge is 0.406 e. The van der Waals surface area contributed by atoms with Crippen molar-refractivity contribution in [1.29, 1.82) is 0 Å². The van der Waals surface area contributed by atoms with Gasteiger partial charge in [-0.05, 0) is 5.56 Å². The van der Waals surface area contributed by atoms with Gasteiger partial charge in [0.2, 0.25) is 5.91 Å². The lowest BCUT2D eigenvalue weighted by molar-refractivity contribution is -0.160. The fourth-order valence-electron chi connectivity index (χ4n) is 2.46. The molecule has 1 saturated heterocycles. The van der Waals surface area contributed by atoms with Crippen molar-refractivity contribution in [3.63, 3.8) is 0 Å². The van der Waals surface area contributed by atoms with Crippen LogP contribution in [-0.4, -0.2) is 61.8 Å². The van der Waals surface area contributed by atoms with E-state index in [2.05, 4.69) is 0 Å². The van der Waals surface area contributed by atoms with Crippen molar-refractivity contribution >= 4 is 5.91 Å². The number of hydrogen-bond donors (Lipinski definition) is 0. The molecular weight excluding hydrogens is 297 g/mol. The fourth-order valence-corrected chi connectivity index (χ4v) is 2.46. The minimum Gasteiger partial charge on any atom is -0.378 e. The second kappa shape index (κ2) is 7.11. The number of nitrogens with zero attached hydrogens (tertiary/aromatic N) is 2. The summed E-state index contributed by atoms with van der Waals surface area (Å²) in [5.74, 6) is -0.542. The van der Waals surface area contributed by atoms with E-state index in [0.29, 0.717) is 19.8 Å². The SMILES string of the molecule is CN(CC(F)(F)F)C(=O)CN1CCOC[C@H]1c1ccccc1. The number of carbonyl (C=O) groups is 1. The van der Waals surface area contributed by atoms with Gasteiger partial charge in [-0.1, -0.05) is 30.3 Å². The van der Waals surface area contributed by atoms with E-state index in [9.17, 15) is 18.0 Å². The maximum absolute atomic E-state index is 12.4. The Morgan fingerprint density at radius 3 is 2.68 bits per heavy atom. The minimum atomic E-state index is -4.38. The number of halogens is 3. The highest BCUT2D eigenvalue weighted by atomic mass is 19.4. The molecule has 0 spiro atoms. The second-order valence-electron chi connectivity index (χ2n) is 5.34. The van der Waals surface area contributed by atoms with Crippen LogP contribution in [0.2, 0.25) is 0 Å². The van der Waals surface area contributed by atoms with Crippen molar-refractivity contribution in [1.82, 2.24) is 9.80 Å². The van der Waals surface area contributed by atoms with Crippen LogP contribution in [0.5, 0.6) is 0 Å². The van der Waals surface area contributed by atoms with Gasteiger partial charge in [-0.25, -0.2) is 0 Å². The van der Waals surface area contributed by atoms with E-state index in [0.717, 1.165) is 10.5 Å². The van der Waals surface area contributed by atoms with E-state index in [1.54, 1.807) is 0 Å². The van der Waals surface area contributed by atoms with Crippen LogP contribution in [0.15, 0.2) is 30.3 Å². The maximum Gasteiger partial charge on any atom is 0.406 e. The van der Waals surface area contributed by atoms with E-state index in [1.807, 2.05) is 35.2 Å². The first-order valence-corrected chi connectivity index (χ1v) is 7.04. The zero-order valence-electron chi connectivity index (χ0n) is 12.3. The predicted molar refractivity (Wildman–Crippen MR) is 75.3 cm³/mol. The Morgan fingerprint density at radius 2 is 2.05 bits per heavy atom. The number of likely N-dealkylation sites (N-methyl/N-ethyl adjacent to an activating group) is 1. The van der Waals surface area contributed by atoms with Gasteiger partial charge in [0.15, 0.2) is 0 Å². The molecule has 1 aromatic carbocycles. The van der Waals surface area contributed by atoms with E-state index < -0.39 is 18.6 Å². The van der Waals surface area contributed by atoms with Gasteiger partial charge in [0.25, 0.3) is 0 Å². The summed E-state index contributed by atoms with van der Waals surface area (Å²) in [4.78, 5) is 14.6. The Morgan fingerprint density at radius 1 is 1.36 bits per heavy atom. The molecule has 0 N–H and O–H groups in total. The molecule has 1 amide bonds. The summed E-state index contributed by atoms with van der Waals surface area (Å²) in [7, 11) is 1.17. The molecule has 7 heteroatoms. The molecule has 1 aliphatic rings. The van der Waals surface area contributed by atoms with E-state index in [-0.39, 0.29) is 12.6 Å². The summed E-state index contributed by atoms with van der Waals surface area (Å²) in [6.45, 7) is 0.146. The van der Waals surface area contributed by atoms with Gasteiger partial charge in [0.1, 0.15) is 6.54 Å². The molecule has 0 radical (unpaired) electrons. The third kappa shape index (κ3) is 4.71. The van der Waals surface area contributed by atoms with Gasteiger partial charge < -0.3 is 9.64 Å². The van der Waals surface area contributed by atoms with E-state index in [4.69, 9.17) is 4.74 Å². The smallest absolute Gasteiger partial charge is 0.378 e. The summed E-state index contributed by atoms with van der Waals surface area (Å²) in [6, 6.07) is 9.41. The van der Waals surface area contributed by atoms with Crippen LogP contribution < -0.4 is 0 Å². The highest BCUT2D eigenvalue weighted by Crippen LogP contribution is 2.24. The van der Waals surface area contributed by atoms with Crippen LogP contribution in [0, 0.1) is 0 Å². The molecule has 122 valence electrons. The molecule has 0 bridgehead atoms. The fraction of sp³-hybridized carbons (Fsp3) is 0.533. The molecule has 1 heterocycles. The van der Waals surface area contributed by atoms with Gasteiger partial charge in [-0.2, -0.15) is 13.2 Å². The molecule has 1 aliphatic heterocycles. The van der Waals surface area contributed by atoms with Crippen LogP contribution in [0.3, 0.4) is 0 Å². The third-order valence-corrected chi connectivity index (χ3v) is 3.60. The van der Waals surface area contributed by atoms with Crippen LogP contribution in [0.25, 0.3) is 0 Å². The zero-order valence-corrected chi connectivity index (χ0v) is 12.3. The summed E-state index contributed by atoms with van der Waals surface area (Å²) in [5, 5.41) is 0. The van der Waals surface area contributed by atoms with Crippen molar-refractivity contribution in [2.75, 3.05) is 39.9 Å². The van der Waals surface area contributed by atoms with Crippen LogP contribution in [0.4, 0.5) is 13.2 Å². The number of carbonyl (C=O) groups excluding carboxylic acids is 1. The van der Waals surface area contributed by atoms with Crippen LogP contribution >= 0.6 is 0 Å². The number of amides is 1. The van der Waals surface area contributed by atoms with Crippen molar-refractivity contribution in [2.24, 2.45) is 0 Å². The van der Waals surface area contributed by atoms with Gasteiger partial charge in [-0.3, -0.25) is 9.69 Å². The lowest BCUT2D eigenvalue weighted by Gasteiger charge is -2.36. The summed E-state index contributed by atoms with van der Waals surface area (Å²) >= 11 is 0. The third-order valence-electron chi connectivity index (χ3n) is 3.60. The molecule has 2 rings (SSSR count). The van der Waals surface area contributed by atoms with Crippen molar-refractivity contribution in [3.05, 3.63) is 35.9 Å². The van der Waals surface area contributed by atoms with Gasteiger partial charge in [-0.15, -0.1) is 0 Å². The second-order valence-corrected chi connectivity index (χ2v) is 5.34. The van der Waals surface area contributed by atoms with Crippen molar-refractivity contribution in [3.8, 4) is 0 Å². The van der Waals surface area contributed by atoms with E-state index >= 15 is 0 Å². The highest BCUT2D eigenvalue weighted by Gasteiger charge is 2.33. The zero-order chi connectivity index (χ0) is 16.2. The Labute approximate surface area is 127 Å². The molecular formula is C15H19F3N2O2. The first-order chi connectivity index (χ1) is 10.4. The predicted octanol–water partition coefficient (Wildman–Crippen LogP) is 2.08. The monoisotopic (exact) mass is 316 g/mol. The van der Waals surface area contributed by atoms with Gasteiger partial charge in [0.05, 0.1) is 25.8 Å². The van der Waals surface area contributed by atoms with Crippen molar-refractivity contribution in [2.45, 2.75) is 12.2 Å². The van der Waals surface area contributed by atoms with Crippen molar-refractivity contribution < 1.29 is 22.7 Å². The number of hydrogen-bond acceptors (Lipinski definition) is 3. The van der Waals surface area contributed by atoms with E-state index in [1.165, 1.54) is 7.05 Å². The summed E-state index contributed by atoms with van der Waals surface area (Å²) < 4.78 is 42.5. The van der Waals surface area contributed by atoms with Gasteiger partial charge >= 0.3 is 6.18 Å². The number of alkyl halides is 3. The lowest BCUT2D eigenvalue weighted by Crippen LogP contribution is -2.47. The molecule has 1 aromatic rings. The first kappa shape index (κ1) is 16.8. The normalized spacial score (nSPS) is 19.9. The Bertz CT molecular complexity index is 493. The Kier molecular flexibility index (Phi) is 5.42. The molecule has 22 heavy (non-hydrogen) atoms. The molecule has 0 aliphatic carbocycles. The molecule has 0 saturated carbocycles. The number of morpholine rings is 1. The first-order valence-electron chi connectivity index (χ1n) is 7.04. The minimum absolute atomic E-state index is 0.0461. The molecule has 0 unspecified atom stereocenters. The Hall–Kier alpha value is -1.60. The summed E-state index contributed by atoms with van der Waals surface area (Å²) in [5.41, 5.74) is 0.994. The molecule has 4 nitrogen and oxygen atoms in total. The number of ether oxygens (including phenoxy) is 1. The standard InChI is InChI=1S/C15H19F3N2O2/c1-19(11-15(16,17)18)14(21)9-20-7-8-22-10-13(20)12-5-3-2-4-6-12/h2-6,13H,7-11H2,1H3/t13-/m0/s1. The maximum atomic E-state index is 12.4. The highest BCUT2D eigenvalue weighted by molar-refractivity contribution is 5.78. The molecule has 1 atom stereocenters. The Balaban J connectivity index is 2.01. The topological polar surface area (TPSA) is 32.8 Å².